The van der Waals surface area contributed by atoms with E-state index in [2.05, 4.69) is 5.32 Å². The molecule has 4 rings (SSSR count). The van der Waals surface area contributed by atoms with Crippen molar-refractivity contribution in [2.45, 2.75) is 77.4 Å². The van der Waals surface area contributed by atoms with Crippen molar-refractivity contribution in [3.8, 4) is 0 Å². The van der Waals surface area contributed by atoms with E-state index in [0.29, 0.717) is 17.7 Å². The number of nitrogens with one attached hydrogen (secondary N) is 1. The fourth-order valence-corrected chi connectivity index (χ4v) is 6.76. The number of hydrogen-bond acceptors (Lipinski definition) is 4. The summed E-state index contributed by atoms with van der Waals surface area (Å²) in [5, 5.41) is 3.18. The Morgan fingerprint density at radius 3 is 2.16 bits per heavy atom. The Labute approximate surface area is 255 Å². The second kappa shape index (κ2) is 14.6. The molecule has 7 nitrogen and oxygen atoms in total. The highest BCUT2D eigenvalue weighted by atomic mass is 32.2. The number of benzene rings is 3. The predicted molar refractivity (Wildman–Crippen MR) is 169 cm³/mol. The van der Waals surface area contributed by atoms with Crippen LogP contribution in [0.25, 0.3) is 0 Å². The van der Waals surface area contributed by atoms with Crippen molar-refractivity contribution in [2.24, 2.45) is 0 Å². The van der Waals surface area contributed by atoms with Crippen molar-refractivity contribution in [1.82, 2.24) is 10.2 Å². The summed E-state index contributed by atoms with van der Waals surface area (Å²) in [6, 6.07) is 20.4. The molecule has 1 aliphatic rings. The van der Waals surface area contributed by atoms with Crippen molar-refractivity contribution in [3.63, 3.8) is 0 Å². The lowest BCUT2D eigenvalue weighted by Crippen LogP contribution is -2.52. The zero-order valence-electron chi connectivity index (χ0n) is 25.3. The second-order valence-electron chi connectivity index (χ2n) is 11.6. The summed E-state index contributed by atoms with van der Waals surface area (Å²) in [7, 11) is -3.60. The summed E-state index contributed by atoms with van der Waals surface area (Å²) >= 11 is 0. The van der Waals surface area contributed by atoms with Gasteiger partial charge in [-0.05, 0) is 79.6 Å². The molecule has 0 unspecified atom stereocenters. The second-order valence-corrected chi connectivity index (χ2v) is 13.5. The van der Waals surface area contributed by atoms with Gasteiger partial charge in [0.1, 0.15) is 11.9 Å². The Hall–Kier alpha value is -3.72. The molecular formula is C34H42FN3O4S. The number of nitrogens with zero attached hydrogens (tertiary/aromatic N) is 2. The van der Waals surface area contributed by atoms with Gasteiger partial charge in [-0.1, -0.05) is 61.4 Å². The zero-order valence-corrected chi connectivity index (χ0v) is 26.1. The molecule has 2 amide bonds. The third-order valence-electron chi connectivity index (χ3n) is 7.89. The van der Waals surface area contributed by atoms with Crippen LogP contribution in [0.1, 0.15) is 60.8 Å². The van der Waals surface area contributed by atoms with Crippen LogP contribution < -0.4 is 9.62 Å². The molecule has 9 heteroatoms. The minimum Gasteiger partial charge on any atom is -0.352 e. The molecule has 230 valence electrons. The van der Waals surface area contributed by atoms with Gasteiger partial charge < -0.3 is 10.2 Å². The minimum absolute atomic E-state index is 0.0417. The molecule has 3 aromatic carbocycles. The van der Waals surface area contributed by atoms with Crippen LogP contribution in [0.15, 0.2) is 72.8 Å². The van der Waals surface area contributed by atoms with Gasteiger partial charge in [-0.3, -0.25) is 13.9 Å². The number of hydrogen-bond donors (Lipinski definition) is 1. The molecule has 1 fully saturated rings. The van der Waals surface area contributed by atoms with Crippen LogP contribution >= 0.6 is 0 Å². The third kappa shape index (κ3) is 9.38. The molecule has 1 aliphatic carbocycles. The molecule has 3 aromatic rings. The number of carbonyl (C=O) groups is 2. The van der Waals surface area contributed by atoms with Gasteiger partial charge in [0.05, 0.1) is 11.9 Å². The summed E-state index contributed by atoms with van der Waals surface area (Å²) in [4.78, 5) is 29.3. The van der Waals surface area contributed by atoms with Gasteiger partial charge in [0.2, 0.25) is 21.8 Å². The Morgan fingerprint density at radius 2 is 1.56 bits per heavy atom. The van der Waals surface area contributed by atoms with E-state index in [1.807, 2.05) is 62.4 Å². The van der Waals surface area contributed by atoms with E-state index in [-0.39, 0.29) is 49.6 Å². The quantitative estimate of drug-likeness (QED) is 0.271. The van der Waals surface area contributed by atoms with Crippen molar-refractivity contribution in [3.05, 3.63) is 101 Å². The van der Waals surface area contributed by atoms with Crippen LogP contribution in [0, 0.1) is 19.7 Å². The molecule has 43 heavy (non-hydrogen) atoms. The molecule has 0 aliphatic heterocycles. The first-order chi connectivity index (χ1) is 20.5. The van der Waals surface area contributed by atoms with E-state index in [1.165, 1.54) is 16.4 Å². The number of carbonyl (C=O) groups excluding carboxylic acids is 2. The van der Waals surface area contributed by atoms with E-state index < -0.39 is 16.1 Å². The lowest BCUT2D eigenvalue weighted by atomic mass is 10.0. The summed E-state index contributed by atoms with van der Waals surface area (Å²) in [5.41, 5.74) is 4.08. The molecular weight excluding hydrogens is 565 g/mol. The number of aryl methyl sites for hydroxylation is 2. The van der Waals surface area contributed by atoms with Gasteiger partial charge in [0.15, 0.2) is 0 Å². The van der Waals surface area contributed by atoms with Gasteiger partial charge in [-0.25, -0.2) is 12.8 Å². The average molecular weight is 608 g/mol. The van der Waals surface area contributed by atoms with Crippen LogP contribution in [0.2, 0.25) is 0 Å². The number of rotatable bonds is 13. The number of anilines is 1. The largest absolute Gasteiger partial charge is 0.352 e. The van der Waals surface area contributed by atoms with Gasteiger partial charge in [0, 0.05) is 32.0 Å². The lowest BCUT2D eigenvalue weighted by Gasteiger charge is -2.33. The predicted octanol–water partition coefficient (Wildman–Crippen LogP) is 5.69. The van der Waals surface area contributed by atoms with Crippen molar-refractivity contribution >= 4 is 27.5 Å². The molecule has 0 saturated heterocycles. The number of halogens is 1. The number of amides is 2. The van der Waals surface area contributed by atoms with E-state index in [0.717, 1.165) is 48.6 Å². The molecule has 1 N–H and O–H groups in total. The van der Waals surface area contributed by atoms with E-state index >= 15 is 0 Å². The Morgan fingerprint density at radius 1 is 0.930 bits per heavy atom. The summed E-state index contributed by atoms with van der Waals surface area (Å²) in [6.07, 6.45) is 5.74. The molecule has 0 spiro atoms. The molecule has 1 atom stereocenters. The van der Waals surface area contributed by atoms with Crippen molar-refractivity contribution in [2.75, 3.05) is 17.1 Å². The van der Waals surface area contributed by atoms with Crippen molar-refractivity contribution in [1.29, 1.82) is 0 Å². The molecule has 0 bridgehead atoms. The zero-order chi connectivity index (χ0) is 31.0. The highest BCUT2D eigenvalue weighted by Gasteiger charge is 2.32. The van der Waals surface area contributed by atoms with Gasteiger partial charge in [-0.15, -0.1) is 0 Å². The maximum atomic E-state index is 14.0. The first-order valence-corrected chi connectivity index (χ1v) is 16.8. The summed E-state index contributed by atoms with van der Waals surface area (Å²) in [6.45, 7) is 4.08. The Balaban J connectivity index is 1.59. The monoisotopic (exact) mass is 607 g/mol. The van der Waals surface area contributed by atoms with E-state index in [9.17, 15) is 22.4 Å². The maximum Gasteiger partial charge on any atom is 0.243 e. The standard InChI is InChI=1S/C34H42FN3O4S/c1-25-20-26(2)22-31(21-25)38(43(3,41)42)19-9-14-33(39)37(24-28-15-17-29(35)18-16-28)32(23-27-10-5-4-6-11-27)34(40)36-30-12-7-8-13-30/h4-6,10-11,15-18,20-22,30,32H,7-9,12-14,19,23-24H2,1-3H3,(H,36,40)/t32-/m0/s1. The SMILES string of the molecule is Cc1cc(C)cc(N(CCCC(=O)N(Cc2ccc(F)cc2)[C@@H](Cc2ccccc2)C(=O)NC2CCCC2)S(C)(=O)=O)c1. The van der Waals surface area contributed by atoms with Gasteiger partial charge >= 0.3 is 0 Å². The topological polar surface area (TPSA) is 86.8 Å². The first-order valence-electron chi connectivity index (χ1n) is 14.9. The van der Waals surface area contributed by atoms with Crippen LogP contribution in [0.5, 0.6) is 0 Å². The lowest BCUT2D eigenvalue weighted by molar-refractivity contribution is -0.141. The molecule has 0 heterocycles. The normalized spacial score (nSPS) is 14.3. The third-order valence-corrected chi connectivity index (χ3v) is 9.08. The number of sulfonamides is 1. The van der Waals surface area contributed by atoms with Crippen LogP contribution in [-0.2, 0) is 32.6 Å². The average Bonchev–Trinajstić information content (AvgIpc) is 3.46. The van der Waals surface area contributed by atoms with Crippen LogP contribution in [0.4, 0.5) is 10.1 Å². The Bertz CT molecular complexity index is 1470. The highest BCUT2D eigenvalue weighted by Crippen LogP contribution is 2.24. The van der Waals surface area contributed by atoms with Crippen LogP contribution in [-0.4, -0.2) is 50.0 Å². The maximum absolute atomic E-state index is 14.0. The fraction of sp³-hybridized carbons (Fsp3) is 0.412. The van der Waals surface area contributed by atoms with Gasteiger partial charge in [0.25, 0.3) is 0 Å². The molecule has 1 saturated carbocycles. The Kier molecular flexibility index (Phi) is 11.0. The van der Waals surface area contributed by atoms with Gasteiger partial charge in [-0.2, -0.15) is 0 Å². The van der Waals surface area contributed by atoms with Crippen molar-refractivity contribution < 1.29 is 22.4 Å². The highest BCUT2D eigenvalue weighted by molar-refractivity contribution is 7.92. The van der Waals surface area contributed by atoms with Crippen LogP contribution in [0.3, 0.4) is 0 Å². The van der Waals surface area contributed by atoms with E-state index in [1.54, 1.807) is 17.0 Å². The smallest absolute Gasteiger partial charge is 0.243 e. The molecule has 0 radical (unpaired) electrons. The van der Waals surface area contributed by atoms with E-state index in [4.69, 9.17) is 0 Å². The fourth-order valence-electron chi connectivity index (χ4n) is 5.81. The molecule has 0 aromatic heterocycles. The summed E-state index contributed by atoms with van der Waals surface area (Å²) < 4.78 is 40.5. The minimum atomic E-state index is -3.60. The first kappa shape index (κ1) is 32.2. The summed E-state index contributed by atoms with van der Waals surface area (Å²) in [5.74, 6) is -0.853.